The highest BCUT2D eigenvalue weighted by atomic mass is 32.2. The molecule has 2 rings (SSSR count). The fraction of sp³-hybridized carbons (Fsp3) is 0.154. The predicted molar refractivity (Wildman–Crippen MR) is 76.5 cm³/mol. The highest BCUT2D eigenvalue weighted by Crippen LogP contribution is 2.11. The second-order valence-electron chi connectivity index (χ2n) is 3.79. The Hall–Kier alpha value is -1.72. The van der Waals surface area contributed by atoms with Crippen LogP contribution in [0.15, 0.2) is 40.1 Å². The number of nitrogens with one attached hydrogen (secondary N) is 1. The zero-order valence-electron chi connectivity index (χ0n) is 10.4. The van der Waals surface area contributed by atoms with E-state index in [9.17, 15) is 8.42 Å². The largest absolute Gasteiger partial charge is 0.384 e. The minimum Gasteiger partial charge on any atom is -0.384 e. The third kappa shape index (κ3) is 3.88. The first-order valence-corrected chi connectivity index (χ1v) is 8.11. The Balaban J connectivity index is 2.16. The summed E-state index contributed by atoms with van der Waals surface area (Å²) in [5.74, 6) is 5.15. The maximum atomic E-state index is 12.1. The van der Waals surface area contributed by atoms with Crippen molar-refractivity contribution >= 4 is 21.4 Å². The minimum absolute atomic E-state index is 0.137. The van der Waals surface area contributed by atoms with Crippen molar-refractivity contribution in [3.63, 3.8) is 0 Å². The molecule has 0 saturated heterocycles. The van der Waals surface area contributed by atoms with Gasteiger partial charge in [-0.15, -0.1) is 11.3 Å². The molecule has 2 N–H and O–H groups in total. The molecule has 0 saturated carbocycles. The number of aliphatic hydroxyl groups excluding tert-OH is 1. The van der Waals surface area contributed by atoms with Crippen LogP contribution in [0.5, 0.6) is 0 Å². The molecule has 0 aliphatic heterocycles. The van der Waals surface area contributed by atoms with Gasteiger partial charge >= 0.3 is 0 Å². The molecule has 0 fully saturated rings. The Kier molecular flexibility index (Phi) is 4.87. The van der Waals surface area contributed by atoms with Crippen LogP contribution in [0.1, 0.15) is 11.3 Å². The van der Waals surface area contributed by atoms with E-state index in [1.807, 2.05) is 0 Å². The first-order chi connectivity index (χ1) is 9.62. The van der Waals surface area contributed by atoms with Gasteiger partial charge in [0.15, 0.2) is 0 Å². The zero-order valence-corrected chi connectivity index (χ0v) is 12.0. The summed E-state index contributed by atoms with van der Waals surface area (Å²) in [6.07, 6.45) is 0. The molecular weight excluding hydrogens is 296 g/mol. The summed E-state index contributed by atoms with van der Waals surface area (Å²) in [6.45, 7) is -0.114. The van der Waals surface area contributed by atoms with Gasteiger partial charge < -0.3 is 5.11 Å². The third-order valence-corrected chi connectivity index (χ3v) is 4.42. The molecule has 2 aromatic rings. The zero-order chi connectivity index (χ0) is 14.4. The lowest BCUT2D eigenvalue weighted by molar-refractivity contribution is 0.350. The molecule has 0 aliphatic carbocycles. The minimum atomic E-state index is -3.60. The molecule has 0 aliphatic rings. The molecule has 1 aromatic carbocycles. The summed E-state index contributed by atoms with van der Waals surface area (Å²) in [5, 5.41) is 10.4. The molecule has 1 heterocycles. The second-order valence-corrected chi connectivity index (χ2v) is 6.28. The van der Waals surface area contributed by atoms with Crippen LogP contribution >= 0.6 is 11.3 Å². The summed E-state index contributed by atoms with van der Waals surface area (Å²) in [5.41, 5.74) is 2.86. The predicted octanol–water partition coefficient (Wildman–Crippen LogP) is 0.965. The van der Waals surface area contributed by atoms with Gasteiger partial charge in [-0.1, -0.05) is 17.9 Å². The van der Waals surface area contributed by atoms with Crippen molar-refractivity contribution in [1.29, 1.82) is 0 Å². The lowest BCUT2D eigenvalue weighted by atomic mass is 10.2. The maximum absolute atomic E-state index is 12.1. The average molecular weight is 308 g/mol. The summed E-state index contributed by atoms with van der Waals surface area (Å²) in [4.78, 5) is 4.15. The Bertz CT molecular complexity index is 728. The third-order valence-electron chi connectivity index (χ3n) is 2.38. The van der Waals surface area contributed by atoms with Crippen LogP contribution in [0.2, 0.25) is 0 Å². The number of sulfonamides is 1. The summed E-state index contributed by atoms with van der Waals surface area (Å²) < 4.78 is 26.7. The molecule has 0 amide bonds. The van der Waals surface area contributed by atoms with Gasteiger partial charge in [0.05, 0.1) is 22.6 Å². The van der Waals surface area contributed by atoms with Gasteiger partial charge in [-0.3, -0.25) is 0 Å². The van der Waals surface area contributed by atoms with E-state index in [0.29, 0.717) is 11.3 Å². The van der Waals surface area contributed by atoms with Crippen molar-refractivity contribution in [3.05, 3.63) is 46.4 Å². The molecule has 5 nitrogen and oxygen atoms in total. The number of hydrogen-bond donors (Lipinski definition) is 2. The molecule has 0 radical (unpaired) electrons. The number of thiazole rings is 1. The van der Waals surface area contributed by atoms with Crippen LogP contribution in [0.3, 0.4) is 0 Å². The Morgan fingerprint density at radius 2 is 2.25 bits per heavy atom. The SMILES string of the molecule is O=S(=O)(NCc1cscn1)c1cccc(C#CCO)c1. The van der Waals surface area contributed by atoms with E-state index in [4.69, 9.17) is 5.11 Å². The highest BCUT2D eigenvalue weighted by Gasteiger charge is 2.14. The van der Waals surface area contributed by atoms with Crippen molar-refractivity contribution in [2.45, 2.75) is 11.4 Å². The second kappa shape index (κ2) is 6.63. The molecule has 1 aromatic heterocycles. The fourth-order valence-electron chi connectivity index (χ4n) is 1.46. The van der Waals surface area contributed by atoms with Gasteiger partial charge in [-0.25, -0.2) is 18.1 Å². The van der Waals surface area contributed by atoms with Crippen LogP contribution in [0.4, 0.5) is 0 Å². The van der Waals surface area contributed by atoms with Crippen LogP contribution in [-0.4, -0.2) is 25.1 Å². The monoisotopic (exact) mass is 308 g/mol. The van der Waals surface area contributed by atoms with Crippen LogP contribution in [0, 0.1) is 11.8 Å². The molecule has 20 heavy (non-hydrogen) atoms. The fourth-order valence-corrected chi connectivity index (χ4v) is 3.06. The Labute approximate surface area is 121 Å². The van der Waals surface area contributed by atoms with Gasteiger partial charge in [0.25, 0.3) is 0 Å². The van der Waals surface area contributed by atoms with Crippen molar-refractivity contribution in [2.24, 2.45) is 0 Å². The van der Waals surface area contributed by atoms with E-state index in [1.54, 1.807) is 23.0 Å². The summed E-state index contributed by atoms with van der Waals surface area (Å²) >= 11 is 1.41. The smallest absolute Gasteiger partial charge is 0.240 e. The standard InChI is InChI=1S/C13H12N2O3S2/c16-6-2-4-11-3-1-5-13(7-11)20(17,18)15-8-12-9-19-10-14-12/h1,3,5,7,9-10,15-16H,6,8H2. The van der Waals surface area contributed by atoms with Crippen molar-refractivity contribution in [3.8, 4) is 11.8 Å². The Morgan fingerprint density at radius 1 is 1.40 bits per heavy atom. The lowest BCUT2D eigenvalue weighted by Crippen LogP contribution is -2.23. The number of rotatable bonds is 4. The van der Waals surface area contributed by atoms with Gasteiger partial charge in [0.1, 0.15) is 6.61 Å². The van der Waals surface area contributed by atoms with Crippen molar-refractivity contribution in [1.82, 2.24) is 9.71 Å². The Morgan fingerprint density at radius 3 is 2.95 bits per heavy atom. The number of hydrogen-bond acceptors (Lipinski definition) is 5. The van der Waals surface area contributed by atoms with Crippen molar-refractivity contribution < 1.29 is 13.5 Å². The van der Waals surface area contributed by atoms with Crippen LogP contribution in [-0.2, 0) is 16.6 Å². The summed E-state index contributed by atoms with van der Waals surface area (Å²) in [7, 11) is -3.60. The average Bonchev–Trinajstić information content (AvgIpc) is 2.97. The molecular formula is C13H12N2O3S2. The van der Waals surface area contributed by atoms with Crippen molar-refractivity contribution in [2.75, 3.05) is 6.61 Å². The van der Waals surface area contributed by atoms with Gasteiger partial charge in [0, 0.05) is 10.9 Å². The molecule has 0 unspecified atom stereocenters. The molecule has 104 valence electrons. The number of aliphatic hydroxyl groups is 1. The number of benzene rings is 1. The van der Waals surface area contributed by atoms with E-state index in [2.05, 4.69) is 21.5 Å². The molecule has 0 bridgehead atoms. The molecule has 0 atom stereocenters. The van der Waals surface area contributed by atoms with Crippen LogP contribution < -0.4 is 4.72 Å². The first-order valence-electron chi connectivity index (χ1n) is 5.68. The molecule has 0 spiro atoms. The van der Waals surface area contributed by atoms with E-state index in [0.717, 1.165) is 0 Å². The van der Waals surface area contributed by atoms with E-state index >= 15 is 0 Å². The molecule has 7 heteroatoms. The summed E-state index contributed by atoms with van der Waals surface area (Å²) in [6, 6.07) is 6.25. The normalized spacial score (nSPS) is 10.8. The maximum Gasteiger partial charge on any atom is 0.240 e. The topological polar surface area (TPSA) is 79.3 Å². The lowest BCUT2D eigenvalue weighted by Gasteiger charge is -2.05. The van der Waals surface area contributed by atoms with E-state index < -0.39 is 10.0 Å². The first kappa shape index (κ1) is 14.7. The quantitative estimate of drug-likeness (QED) is 0.825. The highest BCUT2D eigenvalue weighted by molar-refractivity contribution is 7.89. The van der Waals surface area contributed by atoms with Gasteiger partial charge in [0.2, 0.25) is 10.0 Å². The van der Waals surface area contributed by atoms with E-state index in [1.165, 1.54) is 23.5 Å². The van der Waals surface area contributed by atoms with Crippen LogP contribution in [0.25, 0.3) is 0 Å². The van der Waals surface area contributed by atoms with Gasteiger partial charge in [-0.2, -0.15) is 0 Å². The number of nitrogens with zero attached hydrogens (tertiary/aromatic N) is 1. The van der Waals surface area contributed by atoms with E-state index in [-0.39, 0.29) is 18.0 Å². The van der Waals surface area contributed by atoms with Gasteiger partial charge in [-0.05, 0) is 18.2 Å². The number of aromatic nitrogens is 1.